The Morgan fingerprint density at radius 2 is 2.10 bits per heavy atom. The standard InChI is InChI=1S/C23H21F3N6O6S/c1-39(35,36)10-18(33)29-20-19-15(31-32(20)17-4-6-27-12-28-17)9-22(30-21(19)34)5-7-37-16-8-13(2-3-14(16)22)38-11-23(24,25)26/h2-4,6,8,12H,5,7,9-11H2,1H3,(H,29,33)(H,30,34)/t22-/m0/s1. The normalized spacial score (nSPS) is 18.5. The molecule has 2 aliphatic heterocycles. The van der Waals surface area contributed by atoms with Crippen LogP contribution < -0.4 is 20.1 Å². The number of rotatable bonds is 6. The van der Waals surface area contributed by atoms with Crippen LogP contribution in [0.25, 0.3) is 5.82 Å². The highest BCUT2D eigenvalue weighted by Crippen LogP contribution is 2.44. The van der Waals surface area contributed by atoms with Crippen LogP contribution in [-0.2, 0) is 26.6 Å². The number of ether oxygens (including phenoxy) is 2. The maximum absolute atomic E-state index is 13.5. The van der Waals surface area contributed by atoms with E-state index in [-0.39, 0.29) is 47.4 Å². The molecule has 0 radical (unpaired) electrons. The predicted octanol–water partition coefficient (Wildman–Crippen LogP) is 1.55. The van der Waals surface area contributed by atoms with Gasteiger partial charge in [-0.3, -0.25) is 9.59 Å². The number of aromatic nitrogens is 4. The number of carbonyl (C=O) groups excluding carboxylic acids is 2. The van der Waals surface area contributed by atoms with E-state index in [0.29, 0.717) is 12.0 Å². The van der Waals surface area contributed by atoms with Crippen molar-refractivity contribution in [2.24, 2.45) is 0 Å². The number of amides is 2. The smallest absolute Gasteiger partial charge is 0.422 e. The van der Waals surface area contributed by atoms with E-state index >= 15 is 0 Å². The molecule has 1 atom stereocenters. The Bertz CT molecular complexity index is 1560. The monoisotopic (exact) mass is 566 g/mol. The van der Waals surface area contributed by atoms with Crippen molar-refractivity contribution in [3.8, 4) is 17.3 Å². The molecule has 1 aromatic carbocycles. The summed E-state index contributed by atoms with van der Waals surface area (Å²) in [5.74, 6) is -1.92. The predicted molar refractivity (Wildman–Crippen MR) is 128 cm³/mol. The first-order valence-corrected chi connectivity index (χ1v) is 13.5. The Balaban J connectivity index is 1.53. The minimum Gasteiger partial charge on any atom is -0.493 e. The summed E-state index contributed by atoms with van der Waals surface area (Å²) in [5.41, 5.74) is -0.179. The summed E-state index contributed by atoms with van der Waals surface area (Å²) in [6.45, 7) is -1.32. The Labute approximate surface area is 219 Å². The third-order valence-corrected chi connectivity index (χ3v) is 6.89. The van der Waals surface area contributed by atoms with Gasteiger partial charge in [-0.2, -0.15) is 23.0 Å². The molecule has 2 amide bonds. The average Bonchev–Trinajstić information content (AvgIpc) is 3.19. The van der Waals surface area contributed by atoms with E-state index in [9.17, 15) is 31.2 Å². The van der Waals surface area contributed by atoms with Crippen molar-refractivity contribution in [3.05, 3.63) is 53.6 Å². The summed E-state index contributed by atoms with van der Waals surface area (Å²) in [6, 6.07) is 5.71. The number of alkyl halides is 3. The zero-order valence-corrected chi connectivity index (χ0v) is 21.1. The van der Waals surface area contributed by atoms with Crippen LogP contribution in [-0.4, -0.2) is 71.4 Å². The highest BCUT2D eigenvalue weighted by molar-refractivity contribution is 7.91. The Morgan fingerprint density at radius 1 is 1.31 bits per heavy atom. The van der Waals surface area contributed by atoms with Crippen LogP contribution >= 0.6 is 0 Å². The summed E-state index contributed by atoms with van der Waals surface area (Å²) >= 11 is 0. The van der Waals surface area contributed by atoms with Gasteiger partial charge in [-0.25, -0.2) is 18.4 Å². The van der Waals surface area contributed by atoms with Crippen molar-refractivity contribution >= 4 is 27.5 Å². The molecule has 0 aliphatic carbocycles. The number of fused-ring (bicyclic) bond motifs is 3. The van der Waals surface area contributed by atoms with Crippen LogP contribution in [0.3, 0.4) is 0 Å². The number of carbonyl (C=O) groups is 2. The SMILES string of the molecule is CS(=O)(=O)CC(=O)Nc1c2c(nn1-c1ccncn1)C[C@]1(CCOc3cc(OCC(F)(F)F)ccc31)NC2=O. The molecule has 2 aliphatic rings. The second-order valence-electron chi connectivity index (χ2n) is 9.14. The Kier molecular flexibility index (Phi) is 6.44. The third-order valence-electron chi connectivity index (χ3n) is 6.10. The Hall–Kier alpha value is -4.21. The number of benzene rings is 1. The molecular weight excluding hydrogens is 545 g/mol. The zero-order chi connectivity index (χ0) is 28.0. The molecule has 0 saturated heterocycles. The number of hydrogen-bond acceptors (Lipinski definition) is 9. The van der Waals surface area contributed by atoms with Crippen molar-refractivity contribution in [2.75, 3.05) is 30.5 Å². The summed E-state index contributed by atoms with van der Waals surface area (Å²) in [7, 11) is -3.66. The van der Waals surface area contributed by atoms with Gasteiger partial charge in [0.25, 0.3) is 5.91 Å². The molecule has 2 N–H and O–H groups in total. The lowest BCUT2D eigenvalue weighted by atomic mass is 9.77. The number of hydrogen-bond donors (Lipinski definition) is 2. The lowest BCUT2D eigenvalue weighted by Crippen LogP contribution is -2.53. The molecule has 2 aromatic heterocycles. The lowest BCUT2D eigenvalue weighted by Gasteiger charge is -2.41. The van der Waals surface area contributed by atoms with Gasteiger partial charge < -0.3 is 20.1 Å². The van der Waals surface area contributed by atoms with Gasteiger partial charge in [-0.15, -0.1) is 0 Å². The molecule has 4 heterocycles. The molecule has 1 spiro atoms. The van der Waals surface area contributed by atoms with Gasteiger partial charge in [0.2, 0.25) is 5.91 Å². The zero-order valence-electron chi connectivity index (χ0n) is 20.3. The molecular formula is C23H21F3N6O6S. The fourth-order valence-electron chi connectivity index (χ4n) is 4.59. The second kappa shape index (κ2) is 9.52. The second-order valence-corrected chi connectivity index (χ2v) is 11.3. The first-order valence-electron chi connectivity index (χ1n) is 11.5. The van der Waals surface area contributed by atoms with Gasteiger partial charge in [0.1, 0.15) is 29.1 Å². The van der Waals surface area contributed by atoms with E-state index in [1.165, 1.54) is 41.5 Å². The van der Waals surface area contributed by atoms with Gasteiger partial charge in [-0.05, 0) is 12.1 Å². The van der Waals surface area contributed by atoms with Crippen LogP contribution in [0.15, 0.2) is 36.8 Å². The molecule has 206 valence electrons. The van der Waals surface area contributed by atoms with Crippen molar-refractivity contribution in [1.82, 2.24) is 25.1 Å². The van der Waals surface area contributed by atoms with Gasteiger partial charge >= 0.3 is 6.18 Å². The molecule has 0 bridgehead atoms. The fraction of sp³-hybridized carbons (Fsp3) is 0.348. The van der Waals surface area contributed by atoms with E-state index < -0.39 is 45.7 Å². The first-order chi connectivity index (χ1) is 18.3. The first kappa shape index (κ1) is 26.4. The number of nitrogens with one attached hydrogen (secondary N) is 2. The Morgan fingerprint density at radius 3 is 2.79 bits per heavy atom. The highest BCUT2D eigenvalue weighted by Gasteiger charge is 2.46. The summed E-state index contributed by atoms with van der Waals surface area (Å²) in [6.07, 6.45) is -0.470. The summed E-state index contributed by atoms with van der Waals surface area (Å²) in [4.78, 5) is 34.0. The molecule has 0 saturated carbocycles. The molecule has 12 nitrogen and oxygen atoms in total. The van der Waals surface area contributed by atoms with Crippen molar-refractivity contribution < 1.29 is 40.7 Å². The van der Waals surface area contributed by atoms with E-state index in [0.717, 1.165) is 6.26 Å². The van der Waals surface area contributed by atoms with Crippen LogP contribution in [0, 0.1) is 0 Å². The number of nitrogens with zero attached hydrogens (tertiary/aromatic N) is 4. The molecule has 3 aromatic rings. The summed E-state index contributed by atoms with van der Waals surface area (Å²) in [5, 5.41) is 9.96. The quantitative estimate of drug-likeness (QED) is 0.452. The molecule has 39 heavy (non-hydrogen) atoms. The van der Waals surface area contributed by atoms with Gasteiger partial charge in [-0.1, -0.05) is 0 Å². The van der Waals surface area contributed by atoms with Crippen molar-refractivity contribution in [3.63, 3.8) is 0 Å². The van der Waals surface area contributed by atoms with Crippen LogP contribution in [0.1, 0.15) is 28.0 Å². The highest BCUT2D eigenvalue weighted by atomic mass is 32.2. The minimum absolute atomic E-state index is 0.0271. The van der Waals surface area contributed by atoms with E-state index in [1.807, 2.05) is 0 Å². The average molecular weight is 567 g/mol. The third kappa shape index (κ3) is 5.50. The minimum atomic E-state index is -4.51. The van der Waals surface area contributed by atoms with Crippen LogP contribution in [0.5, 0.6) is 11.5 Å². The molecule has 5 rings (SSSR count). The molecule has 16 heteroatoms. The molecule has 0 unspecified atom stereocenters. The van der Waals surface area contributed by atoms with Crippen molar-refractivity contribution in [2.45, 2.75) is 24.6 Å². The van der Waals surface area contributed by atoms with Gasteiger partial charge in [0, 0.05) is 43.0 Å². The van der Waals surface area contributed by atoms with Crippen LogP contribution in [0.2, 0.25) is 0 Å². The van der Waals surface area contributed by atoms with E-state index in [2.05, 4.69) is 25.7 Å². The lowest BCUT2D eigenvalue weighted by molar-refractivity contribution is -0.153. The maximum Gasteiger partial charge on any atom is 0.422 e. The van der Waals surface area contributed by atoms with Crippen LogP contribution in [0.4, 0.5) is 19.0 Å². The van der Waals surface area contributed by atoms with E-state index in [1.54, 1.807) is 0 Å². The van der Waals surface area contributed by atoms with Gasteiger partial charge in [0.05, 0.1) is 17.8 Å². The summed E-state index contributed by atoms with van der Waals surface area (Å²) < 4.78 is 72.8. The fourth-order valence-corrected chi connectivity index (χ4v) is 5.14. The number of sulfone groups is 1. The number of anilines is 1. The largest absolute Gasteiger partial charge is 0.493 e. The number of halogens is 3. The topological polar surface area (TPSA) is 154 Å². The van der Waals surface area contributed by atoms with Crippen molar-refractivity contribution in [1.29, 1.82) is 0 Å². The maximum atomic E-state index is 13.5. The molecule has 0 fully saturated rings. The van der Waals surface area contributed by atoms with E-state index in [4.69, 9.17) is 9.47 Å². The van der Waals surface area contributed by atoms with Gasteiger partial charge in [0.15, 0.2) is 28.1 Å².